The zero-order chi connectivity index (χ0) is 14.7. The summed E-state index contributed by atoms with van der Waals surface area (Å²) in [6, 6.07) is 12.8. The highest BCUT2D eigenvalue weighted by Gasteiger charge is 2.26. The van der Waals surface area contributed by atoms with Crippen molar-refractivity contribution in [1.82, 2.24) is 10.2 Å². The molecule has 2 heterocycles. The Bertz CT molecular complexity index is 615. The van der Waals surface area contributed by atoms with Gasteiger partial charge in [-0.25, -0.2) is 0 Å². The van der Waals surface area contributed by atoms with Crippen LogP contribution in [0.3, 0.4) is 0 Å². The fraction of sp³-hybridized carbons (Fsp3) is 0.312. The third-order valence-electron chi connectivity index (χ3n) is 3.52. The Morgan fingerprint density at radius 2 is 2.05 bits per heavy atom. The molecule has 0 aliphatic carbocycles. The fourth-order valence-corrected chi connectivity index (χ4v) is 2.38. The van der Waals surface area contributed by atoms with E-state index in [1.165, 1.54) is 0 Å². The summed E-state index contributed by atoms with van der Waals surface area (Å²) in [5, 5.41) is 3.26. The van der Waals surface area contributed by atoms with Crippen LogP contribution in [0.4, 0.5) is 0 Å². The third kappa shape index (κ3) is 3.61. The second kappa shape index (κ2) is 7.33. The predicted octanol–water partition coefficient (Wildman–Crippen LogP) is 2.93. The number of halogens is 1. The average Bonchev–Trinajstić information content (AvgIpc) is 2.97. The number of piperazine rings is 1. The van der Waals surface area contributed by atoms with Crippen molar-refractivity contribution in [2.24, 2.45) is 0 Å². The average molecular weight is 323 g/mol. The van der Waals surface area contributed by atoms with Gasteiger partial charge in [0, 0.05) is 31.7 Å². The van der Waals surface area contributed by atoms with Gasteiger partial charge in [0.05, 0.1) is 0 Å². The Labute approximate surface area is 135 Å². The van der Waals surface area contributed by atoms with Crippen molar-refractivity contribution in [2.75, 3.05) is 19.6 Å². The van der Waals surface area contributed by atoms with Gasteiger partial charge in [0.15, 0.2) is 5.76 Å². The van der Waals surface area contributed by atoms with E-state index in [0.29, 0.717) is 24.0 Å². The summed E-state index contributed by atoms with van der Waals surface area (Å²) in [6.07, 6.45) is 0. The minimum atomic E-state index is -0.0908. The van der Waals surface area contributed by atoms with Gasteiger partial charge in [0.1, 0.15) is 5.75 Å². The molecule has 0 unspecified atom stereocenters. The number of carbonyl (C=O) groups excluding carboxylic acids is 1. The Morgan fingerprint density at radius 1 is 1.27 bits per heavy atom. The predicted molar refractivity (Wildman–Crippen MR) is 85.8 cm³/mol. The number of hydrogen-bond donors (Lipinski definition) is 1. The number of amides is 1. The highest BCUT2D eigenvalue weighted by Crippen LogP contribution is 2.24. The lowest BCUT2D eigenvalue weighted by Crippen LogP contribution is -2.52. The smallest absolute Gasteiger partial charge is 0.290 e. The molecule has 1 amide bonds. The number of furan rings is 1. The molecule has 2 aromatic rings. The Kier molecular flexibility index (Phi) is 5.46. The number of para-hydroxylation sites is 1. The van der Waals surface area contributed by atoms with Crippen LogP contribution < -0.4 is 10.1 Å². The molecular formula is C16H19ClN2O3. The van der Waals surface area contributed by atoms with Crippen molar-refractivity contribution < 1.29 is 13.9 Å². The fourth-order valence-electron chi connectivity index (χ4n) is 2.38. The number of benzene rings is 1. The van der Waals surface area contributed by atoms with Crippen LogP contribution in [0.15, 0.2) is 46.9 Å². The maximum absolute atomic E-state index is 12.4. The van der Waals surface area contributed by atoms with Crippen LogP contribution in [0.5, 0.6) is 11.7 Å². The molecule has 0 saturated carbocycles. The molecule has 1 fully saturated rings. The summed E-state index contributed by atoms with van der Waals surface area (Å²) in [5.74, 6) is 1.23. The van der Waals surface area contributed by atoms with E-state index in [-0.39, 0.29) is 24.4 Å². The Morgan fingerprint density at radius 3 is 2.77 bits per heavy atom. The molecular weight excluding hydrogens is 304 g/mol. The van der Waals surface area contributed by atoms with Crippen LogP contribution in [0.2, 0.25) is 0 Å². The number of rotatable bonds is 3. The Hall–Kier alpha value is -1.98. The van der Waals surface area contributed by atoms with E-state index in [0.717, 1.165) is 13.1 Å². The highest BCUT2D eigenvalue weighted by molar-refractivity contribution is 5.92. The van der Waals surface area contributed by atoms with Crippen LogP contribution in [0.1, 0.15) is 17.5 Å². The van der Waals surface area contributed by atoms with E-state index in [9.17, 15) is 4.79 Å². The molecule has 1 aliphatic heterocycles. The first-order valence-electron chi connectivity index (χ1n) is 7.08. The van der Waals surface area contributed by atoms with Gasteiger partial charge in [-0.2, -0.15) is 0 Å². The zero-order valence-corrected chi connectivity index (χ0v) is 13.1. The van der Waals surface area contributed by atoms with Crippen molar-refractivity contribution in [3.05, 3.63) is 48.2 Å². The van der Waals surface area contributed by atoms with Gasteiger partial charge in [-0.15, -0.1) is 12.4 Å². The molecule has 22 heavy (non-hydrogen) atoms. The maximum atomic E-state index is 12.4. The van der Waals surface area contributed by atoms with Gasteiger partial charge < -0.3 is 19.4 Å². The lowest BCUT2D eigenvalue weighted by molar-refractivity contribution is 0.0618. The minimum absolute atomic E-state index is 0. The summed E-state index contributed by atoms with van der Waals surface area (Å²) in [4.78, 5) is 14.2. The monoisotopic (exact) mass is 322 g/mol. The molecule has 1 aromatic heterocycles. The van der Waals surface area contributed by atoms with Crippen molar-refractivity contribution in [3.8, 4) is 11.7 Å². The number of nitrogens with one attached hydrogen (secondary N) is 1. The van der Waals surface area contributed by atoms with Crippen LogP contribution in [-0.4, -0.2) is 36.5 Å². The largest absolute Gasteiger partial charge is 0.426 e. The molecule has 118 valence electrons. The van der Waals surface area contributed by atoms with Crippen LogP contribution in [0, 0.1) is 0 Å². The van der Waals surface area contributed by atoms with Crippen LogP contribution >= 0.6 is 12.4 Å². The van der Waals surface area contributed by atoms with Crippen molar-refractivity contribution in [1.29, 1.82) is 0 Å². The molecule has 1 saturated heterocycles. The standard InChI is InChI=1S/C16H18N2O3.ClH/c1-12-11-17-9-10-18(12)16(19)14-7-8-15(21-14)20-13-5-3-2-4-6-13;/h2-8,12,17H,9-11H2,1H3;1H/t12-;/m1./s1. The van der Waals surface area contributed by atoms with E-state index in [2.05, 4.69) is 5.32 Å². The lowest BCUT2D eigenvalue weighted by atomic mass is 10.2. The van der Waals surface area contributed by atoms with Gasteiger partial charge >= 0.3 is 0 Å². The second-order valence-corrected chi connectivity index (χ2v) is 5.09. The molecule has 5 nitrogen and oxygen atoms in total. The third-order valence-corrected chi connectivity index (χ3v) is 3.52. The molecule has 0 spiro atoms. The zero-order valence-electron chi connectivity index (χ0n) is 12.3. The van der Waals surface area contributed by atoms with Gasteiger partial charge in [0.25, 0.3) is 11.9 Å². The van der Waals surface area contributed by atoms with Gasteiger partial charge in [-0.1, -0.05) is 18.2 Å². The first kappa shape index (κ1) is 16.4. The summed E-state index contributed by atoms with van der Waals surface area (Å²) < 4.78 is 11.1. The van der Waals surface area contributed by atoms with E-state index in [1.54, 1.807) is 12.1 Å². The second-order valence-electron chi connectivity index (χ2n) is 5.09. The first-order valence-corrected chi connectivity index (χ1v) is 7.08. The number of nitrogens with zero attached hydrogens (tertiary/aromatic N) is 1. The topological polar surface area (TPSA) is 54.7 Å². The molecule has 1 atom stereocenters. The molecule has 0 bridgehead atoms. The van der Waals surface area contributed by atoms with E-state index in [1.807, 2.05) is 42.2 Å². The van der Waals surface area contributed by atoms with Crippen molar-refractivity contribution in [2.45, 2.75) is 13.0 Å². The summed E-state index contributed by atoms with van der Waals surface area (Å²) >= 11 is 0. The van der Waals surface area contributed by atoms with Gasteiger partial charge in [-0.05, 0) is 25.1 Å². The van der Waals surface area contributed by atoms with E-state index < -0.39 is 0 Å². The van der Waals surface area contributed by atoms with E-state index >= 15 is 0 Å². The maximum Gasteiger partial charge on any atom is 0.290 e. The lowest BCUT2D eigenvalue weighted by Gasteiger charge is -2.33. The van der Waals surface area contributed by atoms with Gasteiger partial charge in [0.2, 0.25) is 0 Å². The molecule has 1 N–H and O–H groups in total. The SMILES string of the molecule is C[C@@H]1CNCCN1C(=O)c1ccc(Oc2ccccc2)o1.Cl. The van der Waals surface area contributed by atoms with Crippen LogP contribution in [0.25, 0.3) is 0 Å². The van der Waals surface area contributed by atoms with Gasteiger partial charge in [-0.3, -0.25) is 4.79 Å². The number of carbonyl (C=O) groups is 1. The van der Waals surface area contributed by atoms with Crippen molar-refractivity contribution >= 4 is 18.3 Å². The van der Waals surface area contributed by atoms with Crippen molar-refractivity contribution in [3.63, 3.8) is 0 Å². The minimum Gasteiger partial charge on any atom is -0.426 e. The summed E-state index contributed by atoms with van der Waals surface area (Å²) in [7, 11) is 0. The quantitative estimate of drug-likeness (QED) is 0.944. The number of hydrogen-bond acceptors (Lipinski definition) is 4. The van der Waals surface area contributed by atoms with Crippen LogP contribution in [-0.2, 0) is 0 Å². The summed E-state index contributed by atoms with van der Waals surface area (Å²) in [5.41, 5.74) is 0. The molecule has 6 heteroatoms. The number of ether oxygens (including phenoxy) is 1. The Balaban J connectivity index is 0.00000176. The first-order chi connectivity index (χ1) is 10.2. The molecule has 1 aromatic carbocycles. The molecule has 3 rings (SSSR count). The highest BCUT2D eigenvalue weighted by atomic mass is 35.5. The normalized spacial score (nSPS) is 17.7. The molecule has 0 radical (unpaired) electrons. The molecule has 1 aliphatic rings. The summed E-state index contributed by atoms with van der Waals surface area (Å²) in [6.45, 7) is 4.33. The van der Waals surface area contributed by atoms with E-state index in [4.69, 9.17) is 9.15 Å².